The summed E-state index contributed by atoms with van der Waals surface area (Å²) in [6.45, 7) is 5.00. The van der Waals surface area contributed by atoms with E-state index in [-0.39, 0.29) is 6.61 Å². The normalized spacial score (nSPS) is 11.0. The maximum Gasteiger partial charge on any atom is 0.122 e. The lowest BCUT2D eigenvalue weighted by atomic mass is 9.99. The molecule has 0 aliphatic heterocycles. The molecule has 0 amide bonds. The predicted octanol–water partition coefficient (Wildman–Crippen LogP) is 6.86. The van der Waals surface area contributed by atoms with Gasteiger partial charge in [-0.1, -0.05) is 90.2 Å². The molecular weight excluding hydrogens is 320 g/mol. The van der Waals surface area contributed by atoms with Gasteiger partial charge in [-0.3, -0.25) is 0 Å². The summed E-state index contributed by atoms with van der Waals surface area (Å²) < 4.78 is 5.76. The summed E-state index contributed by atoms with van der Waals surface area (Å²) in [5, 5.41) is 9.05. The Balaban J connectivity index is 2.45. The Morgan fingerprint density at radius 2 is 1.31 bits per heavy atom. The van der Waals surface area contributed by atoms with E-state index in [4.69, 9.17) is 9.84 Å². The molecule has 0 aliphatic rings. The summed E-state index contributed by atoms with van der Waals surface area (Å²) in [5.74, 6) is 0.972. The van der Waals surface area contributed by atoms with Crippen molar-refractivity contribution in [2.45, 2.75) is 104 Å². The van der Waals surface area contributed by atoms with Crippen molar-refractivity contribution in [2.24, 2.45) is 0 Å². The van der Waals surface area contributed by atoms with Crippen LogP contribution in [-0.2, 0) is 12.8 Å². The van der Waals surface area contributed by atoms with Crippen LogP contribution in [0.3, 0.4) is 0 Å². The van der Waals surface area contributed by atoms with Crippen molar-refractivity contribution in [3.63, 3.8) is 0 Å². The lowest BCUT2D eigenvalue weighted by Gasteiger charge is -2.13. The van der Waals surface area contributed by atoms with E-state index in [2.05, 4.69) is 32.0 Å². The van der Waals surface area contributed by atoms with Gasteiger partial charge < -0.3 is 9.84 Å². The van der Waals surface area contributed by atoms with Crippen LogP contribution in [0.25, 0.3) is 0 Å². The Kier molecular flexibility index (Phi) is 14.3. The van der Waals surface area contributed by atoms with Crippen LogP contribution in [0.1, 0.15) is 102 Å². The molecule has 0 heterocycles. The van der Waals surface area contributed by atoms with Gasteiger partial charge in [0, 0.05) is 0 Å². The SMILES string of the molecule is CCCCCCCCc1ccc(OCCO)c(CCCCCCCC)c1. The quantitative estimate of drug-likeness (QED) is 0.307. The molecule has 0 saturated heterocycles. The van der Waals surface area contributed by atoms with Crippen LogP contribution in [0, 0.1) is 0 Å². The fourth-order valence-corrected chi connectivity index (χ4v) is 3.49. The second-order valence-corrected chi connectivity index (χ2v) is 7.55. The van der Waals surface area contributed by atoms with Crippen LogP contribution in [-0.4, -0.2) is 18.3 Å². The van der Waals surface area contributed by atoms with Crippen LogP contribution >= 0.6 is 0 Å². The number of aryl methyl sites for hydroxylation is 2. The summed E-state index contributed by atoms with van der Waals surface area (Å²) in [4.78, 5) is 0. The number of hydrogen-bond donors (Lipinski definition) is 1. The van der Waals surface area contributed by atoms with E-state index in [1.807, 2.05) is 0 Å². The standard InChI is InChI=1S/C24H42O2/c1-3-5-7-9-11-13-15-22-17-18-24(26-20-19-25)23(21-22)16-14-12-10-8-6-4-2/h17-18,21,25H,3-16,19-20H2,1-2H3. The fraction of sp³-hybridized carbons (Fsp3) is 0.750. The first kappa shape index (κ1) is 23.0. The third-order valence-electron chi connectivity index (χ3n) is 5.09. The average Bonchev–Trinajstić information content (AvgIpc) is 2.66. The molecule has 150 valence electrons. The summed E-state index contributed by atoms with van der Waals surface area (Å²) in [7, 11) is 0. The number of benzene rings is 1. The zero-order valence-electron chi connectivity index (χ0n) is 17.4. The molecule has 0 radical (unpaired) electrons. The van der Waals surface area contributed by atoms with Crippen molar-refractivity contribution in [3.8, 4) is 5.75 Å². The van der Waals surface area contributed by atoms with Crippen LogP contribution in [0.2, 0.25) is 0 Å². The van der Waals surface area contributed by atoms with Gasteiger partial charge in [0.25, 0.3) is 0 Å². The fourth-order valence-electron chi connectivity index (χ4n) is 3.49. The smallest absolute Gasteiger partial charge is 0.122 e. The van der Waals surface area contributed by atoms with Gasteiger partial charge in [-0.25, -0.2) is 0 Å². The molecule has 2 heteroatoms. The van der Waals surface area contributed by atoms with Crippen LogP contribution in [0.15, 0.2) is 18.2 Å². The first-order valence-electron chi connectivity index (χ1n) is 11.2. The number of unbranched alkanes of at least 4 members (excludes halogenated alkanes) is 10. The van der Waals surface area contributed by atoms with Gasteiger partial charge >= 0.3 is 0 Å². The van der Waals surface area contributed by atoms with Gasteiger partial charge in [-0.05, 0) is 42.9 Å². The number of ether oxygens (including phenoxy) is 1. The van der Waals surface area contributed by atoms with Gasteiger partial charge in [-0.2, -0.15) is 0 Å². The van der Waals surface area contributed by atoms with Crippen LogP contribution in [0.4, 0.5) is 0 Å². The summed E-state index contributed by atoms with van der Waals surface area (Å²) >= 11 is 0. The Labute approximate surface area is 162 Å². The van der Waals surface area contributed by atoms with E-state index in [1.54, 1.807) is 0 Å². The highest BCUT2D eigenvalue weighted by atomic mass is 16.5. The molecule has 26 heavy (non-hydrogen) atoms. The molecule has 0 aromatic heterocycles. The molecule has 0 atom stereocenters. The topological polar surface area (TPSA) is 29.5 Å². The lowest BCUT2D eigenvalue weighted by molar-refractivity contribution is 0.200. The molecule has 0 unspecified atom stereocenters. The van der Waals surface area contributed by atoms with Gasteiger partial charge in [0.15, 0.2) is 0 Å². The molecule has 0 fully saturated rings. The van der Waals surface area contributed by atoms with Crippen molar-refractivity contribution < 1.29 is 9.84 Å². The first-order chi connectivity index (χ1) is 12.8. The highest BCUT2D eigenvalue weighted by Gasteiger charge is 2.06. The summed E-state index contributed by atoms with van der Waals surface area (Å²) in [6, 6.07) is 6.68. The second-order valence-electron chi connectivity index (χ2n) is 7.55. The lowest BCUT2D eigenvalue weighted by Crippen LogP contribution is -2.04. The zero-order valence-corrected chi connectivity index (χ0v) is 17.4. The first-order valence-corrected chi connectivity index (χ1v) is 11.2. The van der Waals surface area contributed by atoms with Crippen molar-refractivity contribution in [2.75, 3.05) is 13.2 Å². The number of hydrogen-bond acceptors (Lipinski definition) is 2. The van der Waals surface area contributed by atoms with Crippen molar-refractivity contribution in [3.05, 3.63) is 29.3 Å². The average molecular weight is 363 g/mol. The monoisotopic (exact) mass is 362 g/mol. The molecular formula is C24H42O2. The molecule has 0 bridgehead atoms. The van der Waals surface area contributed by atoms with Gasteiger partial charge in [0.2, 0.25) is 0 Å². The Morgan fingerprint density at radius 3 is 1.92 bits per heavy atom. The van der Waals surface area contributed by atoms with Gasteiger partial charge in [0.05, 0.1) is 6.61 Å². The zero-order chi connectivity index (χ0) is 18.9. The largest absolute Gasteiger partial charge is 0.491 e. The van der Waals surface area contributed by atoms with Crippen LogP contribution in [0.5, 0.6) is 5.75 Å². The van der Waals surface area contributed by atoms with E-state index in [0.717, 1.165) is 12.2 Å². The molecule has 2 nitrogen and oxygen atoms in total. The third-order valence-corrected chi connectivity index (χ3v) is 5.09. The predicted molar refractivity (Wildman–Crippen MR) is 113 cm³/mol. The van der Waals surface area contributed by atoms with Crippen molar-refractivity contribution in [1.82, 2.24) is 0 Å². The molecule has 1 N–H and O–H groups in total. The van der Waals surface area contributed by atoms with Crippen molar-refractivity contribution in [1.29, 1.82) is 0 Å². The van der Waals surface area contributed by atoms with Gasteiger partial charge in [-0.15, -0.1) is 0 Å². The van der Waals surface area contributed by atoms with E-state index >= 15 is 0 Å². The summed E-state index contributed by atoms with van der Waals surface area (Å²) in [5.41, 5.74) is 2.77. The molecule has 0 aliphatic carbocycles. The molecule has 1 aromatic carbocycles. The number of aliphatic hydroxyl groups excluding tert-OH is 1. The minimum absolute atomic E-state index is 0.0793. The highest BCUT2D eigenvalue weighted by Crippen LogP contribution is 2.24. The maximum atomic E-state index is 9.05. The Hall–Kier alpha value is -1.02. The molecule has 0 spiro atoms. The van der Waals surface area contributed by atoms with Gasteiger partial charge in [0.1, 0.15) is 12.4 Å². The maximum absolute atomic E-state index is 9.05. The number of rotatable bonds is 17. The summed E-state index contributed by atoms with van der Waals surface area (Å²) in [6.07, 6.45) is 18.3. The molecule has 1 rings (SSSR count). The Bertz CT molecular complexity index is 442. The third kappa shape index (κ3) is 10.9. The Morgan fingerprint density at radius 1 is 0.731 bits per heavy atom. The van der Waals surface area contributed by atoms with Crippen molar-refractivity contribution >= 4 is 0 Å². The minimum Gasteiger partial charge on any atom is -0.491 e. The molecule has 1 aromatic rings. The van der Waals surface area contributed by atoms with E-state index in [9.17, 15) is 0 Å². The minimum atomic E-state index is 0.0793. The molecule has 0 saturated carbocycles. The highest BCUT2D eigenvalue weighted by molar-refractivity contribution is 5.37. The number of aliphatic hydroxyl groups is 1. The second kappa shape index (κ2) is 16.2. The van der Waals surface area contributed by atoms with E-state index in [0.29, 0.717) is 6.61 Å². The van der Waals surface area contributed by atoms with E-state index < -0.39 is 0 Å². The van der Waals surface area contributed by atoms with E-state index in [1.165, 1.54) is 94.6 Å². The van der Waals surface area contributed by atoms with Crippen LogP contribution < -0.4 is 4.74 Å².